The Morgan fingerprint density at radius 1 is 1.20 bits per heavy atom. The van der Waals surface area contributed by atoms with Crippen molar-refractivity contribution in [3.63, 3.8) is 0 Å². The quantitative estimate of drug-likeness (QED) is 0.921. The normalized spacial score (nSPS) is 16.6. The van der Waals surface area contributed by atoms with Crippen molar-refractivity contribution in [1.82, 2.24) is 9.47 Å². The molecular weight excluding hydrogens is 256 g/mol. The molecule has 1 aliphatic rings. The van der Waals surface area contributed by atoms with Crippen LogP contribution < -0.4 is 0 Å². The van der Waals surface area contributed by atoms with E-state index < -0.39 is 5.97 Å². The minimum atomic E-state index is -0.882. The van der Waals surface area contributed by atoms with Gasteiger partial charge in [-0.15, -0.1) is 0 Å². The van der Waals surface area contributed by atoms with E-state index in [1.165, 1.54) is 0 Å². The zero-order valence-corrected chi connectivity index (χ0v) is 11.3. The average Bonchev–Trinajstić information content (AvgIpc) is 2.88. The maximum atomic E-state index is 11.1. The zero-order valence-electron chi connectivity index (χ0n) is 11.3. The molecule has 3 rings (SSSR count). The average molecular weight is 274 g/mol. The lowest BCUT2D eigenvalue weighted by atomic mass is 10.1. The van der Waals surface area contributed by atoms with Gasteiger partial charge in [0.25, 0.3) is 0 Å². The van der Waals surface area contributed by atoms with Crippen LogP contribution in [0, 0.1) is 0 Å². The molecule has 1 aromatic carbocycles. The summed E-state index contributed by atoms with van der Waals surface area (Å²) in [6, 6.07) is 7.29. The molecule has 0 radical (unpaired) electrons. The standard InChI is InChI=1S/C15H18N2O3/c18-15(19)13-2-1-12-3-4-17(14(12)11-13)6-5-16-7-9-20-10-8-16/h1-4,11H,5-10H2,(H,18,19). The first kappa shape index (κ1) is 13.1. The summed E-state index contributed by atoms with van der Waals surface area (Å²) in [5.74, 6) is -0.882. The third-order valence-corrected chi connectivity index (χ3v) is 3.78. The van der Waals surface area contributed by atoms with E-state index in [9.17, 15) is 4.79 Å². The summed E-state index contributed by atoms with van der Waals surface area (Å²) in [6.07, 6.45) is 2.02. The van der Waals surface area contributed by atoms with Crippen molar-refractivity contribution in [2.75, 3.05) is 32.8 Å². The van der Waals surface area contributed by atoms with E-state index in [-0.39, 0.29) is 0 Å². The van der Waals surface area contributed by atoms with Gasteiger partial charge < -0.3 is 14.4 Å². The second-order valence-electron chi connectivity index (χ2n) is 5.04. The van der Waals surface area contributed by atoms with Gasteiger partial charge in [0, 0.05) is 37.9 Å². The lowest BCUT2D eigenvalue weighted by Crippen LogP contribution is -2.38. The summed E-state index contributed by atoms with van der Waals surface area (Å²) < 4.78 is 7.46. The predicted molar refractivity (Wildman–Crippen MR) is 76.2 cm³/mol. The molecule has 5 heteroatoms. The molecule has 106 valence electrons. The highest BCUT2D eigenvalue weighted by Crippen LogP contribution is 2.18. The van der Waals surface area contributed by atoms with E-state index in [1.807, 2.05) is 18.3 Å². The van der Waals surface area contributed by atoms with Crippen LogP contribution in [-0.2, 0) is 11.3 Å². The molecule has 2 aromatic rings. The maximum absolute atomic E-state index is 11.1. The second-order valence-corrected chi connectivity index (χ2v) is 5.04. The molecule has 0 aliphatic carbocycles. The van der Waals surface area contributed by atoms with Crippen LogP contribution in [0.15, 0.2) is 30.5 Å². The van der Waals surface area contributed by atoms with Crippen molar-refractivity contribution in [1.29, 1.82) is 0 Å². The summed E-state index contributed by atoms with van der Waals surface area (Å²) in [5.41, 5.74) is 1.32. The summed E-state index contributed by atoms with van der Waals surface area (Å²) in [5, 5.41) is 10.2. The molecule has 0 bridgehead atoms. The fourth-order valence-corrected chi connectivity index (χ4v) is 2.59. The number of aromatic nitrogens is 1. The highest BCUT2D eigenvalue weighted by Gasteiger charge is 2.11. The lowest BCUT2D eigenvalue weighted by molar-refractivity contribution is 0.0365. The number of rotatable bonds is 4. The number of benzene rings is 1. The number of fused-ring (bicyclic) bond motifs is 1. The van der Waals surface area contributed by atoms with Crippen LogP contribution in [0.4, 0.5) is 0 Å². The fourth-order valence-electron chi connectivity index (χ4n) is 2.59. The first-order valence-corrected chi connectivity index (χ1v) is 6.86. The van der Waals surface area contributed by atoms with Crippen LogP contribution in [0.2, 0.25) is 0 Å². The number of carboxylic acid groups (broad SMARTS) is 1. The Morgan fingerprint density at radius 2 is 2.00 bits per heavy atom. The summed E-state index contributed by atoms with van der Waals surface area (Å²) in [4.78, 5) is 13.4. The molecule has 1 saturated heterocycles. The molecule has 0 spiro atoms. The SMILES string of the molecule is O=C(O)c1ccc2ccn(CCN3CCOCC3)c2c1. The highest BCUT2D eigenvalue weighted by atomic mass is 16.5. The molecule has 0 saturated carbocycles. The Morgan fingerprint density at radius 3 is 2.75 bits per heavy atom. The van der Waals surface area contributed by atoms with Gasteiger partial charge in [0.2, 0.25) is 0 Å². The van der Waals surface area contributed by atoms with E-state index in [2.05, 4.69) is 9.47 Å². The Kier molecular flexibility index (Phi) is 3.71. The van der Waals surface area contributed by atoms with Crippen molar-refractivity contribution in [2.45, 2.75) is 6.54 Å². The van der Waals surface area contributed by atoms with Gasteiger partial charge in [0.15, 0.2) is 0 Å². The number of aromatic carboxylic acids is 1. The van der Waals surface area contributed by atoms with Crippen molar-refractivity contribution in [3.8, 4) is 0 Å². The van der Waals surface area contributed by atoms with Gasteiger partial charge in [-0.25, -0.2) is 4.79 Å². The van der Waals surface area contributed by atoms with Crippen LogP contribution in [0.1, 0.15) is 10.4 Å². The number of carbonyl (C=O) groups is 1. The van der Waals surface area contributed by atoms with Gasteiger partial charge in [0.05, 0.1) is 18.8 Å². The third-order valence-electron chi connectivity index (χ3n) is 3.78. The molecule has 0 amide bonds. The van der Waals surface area contributed by atoms with Gasteiger partial charge in [-0.3, -0.25) is 4.90 Å². The molecule has 2 heterocycles. The Bertz CT molecular complexity index is 615. The number of nitrogens with zero attached hydrogens (tertiary/aromatic N) is 2. The summed E-state index contributed by atoms with van der Waals surface area (Å²) in [6.45, 7) is 5.38. The van der Waals surface area contributed by atoms with E-state index in [1.54, 1.807) is 12.1 Å². The highest BCUT2D eigenvalue weighted by molar-refractivity contribution is 5.93. The molecule has 1 N–H and O–H groups in total. The molecule has 5 nitrogen and oxygen atoms in total. The number of hydrogen-bond donors (Lipinski definition) is 1. The molecule has 0 atom stereocenters. The molecule has 1 fully saturated rings. The lowest BCUT2D eigenvalue weighted by Gasteiger charge is -2.26. The third kappa shape index (κ3) is 2.69. The van der Waals surface area contributed by atoms with Gasteiger partial charge >= 0.3 is 5.97 Å². The summed E-state index contributed by atoms with van der Waals surface area (Å²) >= 11 is 0. The van der Waals surface area contributed by atoms with Crippen LogP contribution in [0.3, 0.4) is 0 Å². The topological polar surface area (TPSA) is 54.7 Å². The number of ether oxygens (including phenoxy) is 1. The number of morpholine rings is 1. The van der Waals surface area contributed by atoms with E-state index >= 15 is 0 Å². The Hall–Kier alpha value is -1.85. The Balaban J connectivity index is 1.76. The van der Waals surface area contributed by atoms with Crippen molar-refractivity contribution in [2.24, 2.45) is 0 Å². The van der Waals surface area contributed by atoms with Gasteiger partial charge in [-0.2, -0.15) is 0 Å². The number of hydrogen-bond acceptors (Lipinski definition) is 3. The van der Waals surface area contributed by atoms with Crippen LogP contribution >= 0.6 is 0 Å². The van der Waals surface area contributed by atoms with Crippen LogP contribution in [-0.4, -0.2) is 53.4 Å². The molecule has 0 unspecified atom stereocenters. The fraction of sp³-hybridized carbons (Fsp3) is 0.400. The minimum Gasteiger partial charge on any atom is -0.478 e. The largest absolute Gasteiger partial charge is 0.478 e. The molecule has 1 aliphatic heterocycles. The summed E-state index contributed by atoms with van der Waals surface area (Å²) in [7, 11) is 0. The van der Waals surface area contributed by atoms with Gasteiger partial charge in [0.1, 0.15) is 0 Å². The number of carboxylic acids is 1. The van der Waals surface area contributed by atoms with Crippen molar-refractivity contribution in [3.05, 3.63) is 36.0 Å². The van der Waals surface area contributed by atoms with Crippen molar-refractivity contribution < 1.29 is 14.6 Å². The Labute approximate surface area is 117 Å². The minimum absolute atomic E-state index is 0.337. The predicted octanol–water partition coefficient (Wildman–Crippen LogP) is 1.67. The van der Waals surface area contributed by atoms with Gasteiger partial charge in [-0.05, 0) is 23.6 Å². The maximum Gasteiger partial charge on any atom is 0.335 e. The monoisotopic (exact) mass is 274 g/mol. The second kappa shape index (κ2) is 5.64. The van der Waals surface area contributed by atoms with E-state index in [0.717, 1.165) is 50.3 Å². The van der Waals surface area contributed by atoms with Crippen LogP contribution in [0.25, 0.3) is 10.9 Å². The van der Waals surface area contributed by atoms with E-state index in [0.29, 0.717) is 5.56 Å². The zero-order chi connectivity index (χ0) is 13.9. The molecular formula is C15H18N2O3. The molecule has 1 aromatic heterocycles. The van der Waals surface area contributed by atoms with Crippen molar-refractivity contribution >= 4 is 16.9 Å². The van der Waals surface area contributed by atoms with Gasteiger partial charge in [-0.1, -0.05) is 6.07 Å². The first-order valence-electron chi connectivity index (χ1n) is 6.86. The first-order chi connectivity index (χ1) is 9.74. The van der Waals surface area contributed by atoms with Crippen LogP contribution in [0.5, 0.6) is 0 Å². The van der Waals surface area contributed by atoms with E-state index in [4.69, 9.17) is 9.84 Å². The molecule has 20 heavy (non-hydrogen) atoms. The smallest absolute Gasteiger partial charge is 0.335 e.